The number of aromatic nitrogens is 1. The summed E-state index contributed by atoms with van der Waals surface area (Å²) >= 11 is 0. The third-order valence-electron chi connectivity index (χ3n) is 7.56. The van der Waals surface area contributed by atoms with Gasteiger partial charge in [-0.25, -0.2) is 9.69 Å². The van der Waals surface area contributed by atoms with Gasteiger partial charge in [0, 0.05) is 57.3 Å². The maximum absolute atomic E-state index is 14.1. The molecule has 3 fully saturated rings. The summed E-state index contributed by atoms with van der Waals surface area (Å²) in [5.74, 6) is -1.81. The van der Waals surface area contributed by atoms with Crippen LogP contribution in [0, 0.1) is 5.92 Å². The Morgan fingerprint density at radius 3 is 2.08 bits per heavy atom. The molecule has 0 bridgehead atoms. The van der Waals surface area contributed by atoms with E-state index in [1.54, 1.807) is 0 Å². The van der Waals surface area contributed by atoms with Crippen molar-refractivity contribution in [1.29, 1.82) is 0 Å². The second kappa shape index (κ2) is 12.1. The highest BCUT2D eigenvalue weighted by molar-refractivity contribution is 5.79. The van der Waals surface area contributed by atoms with Crippen LogP contribution < -0.4 is 4.90 Å². The fourth-order valence-electron chi connectivity index (χ4n) is 5.75. The van der Waals surface area contributed by atoms with Gasteiger partial charge in [-0.05, 0) is 78.4 Å². The number of ether oxygens (including phenoxy) is 3. The molecule has 1 aromatic heterocycles. The largest absolute Gasteiger partial charge is 0.466 e. The van der Waals surface area contributed by atoms with Gasteiger partial charge in [-0.3, -0.25) is 14.7 Å². The van der Waals surface area contributed by atoms with Gasteiger partial charge >= 0.3 is 11.9 Å². The number of piperazine rings is 1. The molecule has 0 radical (unpaired) electrons. The Bertz CT molecular complexity index is 886. The van der Waals surface area contributed by atoms with E-state index < -0.39 is 11.4 Å². The first kappa shape index (κ1) is 27.8. The van der Waals surface area contributed by atoms with Crippen LogP contribution in [0.15, 0.2) is 24.5 Å². The number of anilines is 1. The first-order chi connectivity index (χ1) is 17.7. The summed E-state index contributed by atoms with van der Waals surface area (Å²) in [6, 6.07) is 4.05. The summed E-state index contributed by atoms with van der Waals surface area (Å²) in [6.45, 7) is 12.5. The van der Waals surface area contributed by atoms with Crippen molar-refractivity contribution in [3.63, 3.8) is 0 Å². The van der Waals surface area contributed by atoms with Gasteiger partial charge in [-0.1, -0.05) is 0 Å². The van der Waals surface area contributed by atoms with E-state index in [9.17, 15) is 9.59 Å². The predicted octanol–water partition coefficient (Wildman–Crippen LogP) is 3.43. The van der Waals surface area contributed by atoms with E-state index in [0.29, 0.717) is 32.5 Å². The molecule has 3 aliphatic rings. The van der Waals surface area contributed by atoms with Gasteiger partial charge in [0.2, 0.25) is 0 Å². The lowest BCUT2D eigenvalue weighted by Gasteiger charge is -2.51. The molecule has 9 heteroatoms. The van der Waals surface area contributed by atoms with Crippen molar-refractivity contribution in [2.45, 2.75) is 83.8 Å². The van der Waals surface area contributed by atoms with Crippen LogP contribution >= 0.6 is 0 Å². The molecule has 1 aromatic rings. The van der Waals surface area contributed by atoms with Crippen LogP contribution in [0.4, 0.5) is 5.69 Å². The summed E-state index contributed by atoms with van der Waals surface area (Å²) in [4.78, 5) is 37.3. The molecule has 2 aliphatic heterocycles. The first-order valence-corrected chi connectivity index (χ1v) is 14.0. The van der Waals surface area contributed by atoms with Crippen molar-refractivity contribution >= 4 is 17.6 Å². The predicted molar refractivity (Wildman–Crippen MR) is 141 cm³/mol. The summed E-state index contributed by atoms with van der Waals surface area (Å²) in [5.41, 5.74) is 0.503. The lowest BCUT2D eigenvalue weighted by atomic mass is 9.87. The number of esters is 2. The summed E-state index contributed by atoms with van der Waals surface area (Å²) < 4.78 is 18.3. The fourth-order valence-corrected chi connectivity index (χ4v) is 5.75. The molecule has 0 aromatic carbocycles. The molecule has 1 saturated carbocycles. The van der Waals surface area contributed by atoms with E-state index in [2.05, 4.69) is 19.7 Å². The smallest absolute Gasteiger partial charge is 0.371 e. The highest BCUT2D eigenvalue weighted by atomic mass is 16.6. The van der Waals surface area contributed by atoms with Crippen molar-refractivity contribution in [1.82, 2.24) is 14.8 Å². The number of hydrogen-bond acceptors (Lipinski definition) is 9. The number of rotatable bonds is 8. The van der Waals surface area contributed by atoms with E-state index >= 15 is 0 Å². The first-order valence-electron chi connectivity index (χ1n) is 14.0. The van der Waals surface area contributed by atoms with Crippen LogP contribution in [-0.4, -0.2) is 90.2 Å². The standard InChI is InChI=1S/C28H44N4O5/c1-5-35-25(33)22-8-10-24(11-9-22)36-28(31-16-6-7-17-31,26(34)37-27(2,3)4)32-20-18-30(19-21-32)23-12-14-29-15-13-23/h12-15,22,24H,5-11,16-21H2,1-4H3/t22-,24-,28?. The van der Waals surface area contributed by atoms with Crippen molar-refractivity contribution < 1.29 is 23.8 Å². The van der Waals surface area contributed by atoms with Crippen molar-refractivity contribution in [3.8, 4) is 0 Å². The quantitative estimate of drug-likeness (QED) is 0.483. The van der Waals surface area contributed by atoms with Gasteiger partial charge in [-0.2, -0.15) is 0 Å². The molecule has 9 nitrogen and oxygen atoms in total. The molecule has 0 spiro atoms. The second-order valence-corrected chi connectivity index (χ2v) is 11.3. The Hall–Kier alpha value is -2.23. The molecule has 37 heavy (non-hydrogen) atoms. The highest BCUT2D eigenvalue weighted by Crippen LogP contribution is 2.37. The van der Waals surface area contributed by atoms with E-state index in [1.807, 2.05) is 52.2 Å². The fraction of sp³-hybridized carbons (Fsp3) is 0.750. The summed E-state index contributed by atoms with van der Waals surface area (Å²) in [5, 5.41) is 0. The minimum absolute atomic E-state index is 0.0913. The van der Waals surface area contributed by atoms with Gasteiger partial charge in [-0.15, -0.1) is 0 Å². The van der Waals surface area contributed by atoms with Gasteiger partial charge in [0.05, 0.1) is 18.6 Å². The van der Waals surface area contributed by atoms with Crippen LogP contribution in [0.2, 0.25) is 0 Å². The third kappa shape index (κ3) is 6.62. The lowest BCUT2D eigenvalue weighted by molar-refractivity contribution is -0.278. The van der Waals surface area contributed by atoms with E-state index in [4.69, 9.17) is 14.2 Å². The zero-order chi connectivity index (χ0) is 26.5. The zero-order valence-corrected chi connectivity index (χ0v) is 23.0. The zero-order valence-electron chi connectivity index (χ0n) is 23.0. The van der Waals surface area contributed by atoms with E-state index in [0.717, 1.165) is 57.5 Å². The Kier molecular flexibility index (Phi) is 9.08. The Balaban J connectivity index is 1.56. The number of nitrogens with zero attached hydrogens (tertiary/aromatic N) is 4. The molecular formula is C28H44N4O5. The molecule has 0 N–H and O–H groups in total. The number of carbonyl (C=O) groups is 2. The van der Waals surface area contributed by atoms with Crippen LogP contribution in [0.3, 0.4) is 0 Å². The Morgan fingerprint density at radius 2 is 1.51 bits per heavy atom. The third-order valence-corrected chi connectivity index (χ3v) is 7.56. The molecule has 1 atom stereocenters. The number of pyridine rings is 1. The molecule has 206 valence electrons. The van der Waals surface area contributed by atoms with Crippen molar-refractivity contribution in [2.24, 2.45) is 5.92 Å². The van der Waals surface area contributed by atoms with E-state index in [1.165, 1.54) is 0 Å². The Morgan fingerprint density at radius 1 is 0.919 bits per heavy atom. The summed E-state index contributed by atoms with van der Waals surface area (Å²) in [7, 11) is 0. The second-order valence-electron chi connectivity index (χ2n) is 11.3. The molecule has 4 rings (SSSR count). The Labute approximate surface area is 221 Å². The van der Waals surface area contributed by atoms with Gasteiger partial charge < -0.3 is 19.1 Å². The van der Waals surface area contributed by atoms with Gasteiger partial charge in [0.1, 0.15) is 5.60 Å². The lowest BCUT2D eigenvalue weighted by Crippen LogP contribution is -2.71. The molecule has 1 aliphatic carbocycles. The average molecular weight is 517 g/mol. The summed E-state index contributed by atoms with van der Waals surface area (Å²) in [6.07, 6.45) is 8.42. The maximum atomic E-state index is 14.1. The molecule has 2 saturated heterocycles. The number of hydrogen-bond donors (Lipinski definition) is 0. The van der Waals surface area contributed by atoms with Crippen molar-refractivity contribution in [2.75, 3.05) is 50.8 Å². The normalized spacial score (nSPS) is 25.5. The van der Waals surface area contributed by atoms with Crippen molar-refractivity contribution in [3.05, 3.63) is 24.5 Å². The molecule has 0 amide bonds. The van der Waals surface area contributed by atoms with Gasteiger partial charge in [0.15, 0.2) is 0 Å². The van der Waals surface area contributed by atoms with Crippen LogP contribution in [0.25, 0.3) is 0 Å². The monoisotopic (exact) mass is 516 g/mol. The molecule has 3 heterocycles. The molecule has 1 unspecified atom stereocenters. The number of likely N-dealkylation sites (tertiary alicyclic amines) is 1. The average Bonchev–Trinajstić information content (AvgIpc) is 3.43. The van der Waals surface area contributed by atoms with E-state index in [-0.39, 0.29) is 24.0 Å². The molecular weight excluding hydrogens is 472 g/mol. The minimum Gasteiger partial charge on any atom is -0.466 e. The topological polar surface area (TPSA) is 84.4 Å². The van der Waals surface area contributed by atoms with Gasteiger partial charge in [0.25, 0.3) is 5.85 Å². The SMILES string of the molecule is CCOC(=O)[C@H]1CC[C@H](OC(C(=O)OC(C)(C)C)(N2CCCC2)N2CCN(c3ccncc3)CC2)CC1. The van der Waals surface area contributed by atoms with Crippen LogP contribution in [0.1, 0.15) is 66.2 Å². The minimum atomic E-state index is -1.27. The highest BCUT2D eigenvalue weighted by Gasteiger charge is 2.55. The number of carbonyl (C=O) groups excluding carboxylic acids is 2. The van der Waals surface area contributed by atoms with Crippen LogP contribution in [0.5, 0.6) is 0 Å². The van der Waals surface area contributed by atoms with Crippen LogP contribution in [-0.2, 0) is 23.8 Å². The maximum Gasteiger partial charge on any atom is 0.371 e.